The van der Waals surface area contributed by atoms with E-state index in [1.807, 2.05) is 18.2 Å². The van der Waals surface area contributed by atoms with Crippen molar-refractivity contribution >= 4 is 11.4 Å². The molecule has 1 aliphatic heterocycles. The van der Waals surface area contributed by atoms with Crippen LogP contribution in [-0.2, 0) is 11.2 Å². The molecule has 0 aromatic heterocycles. The summed E-state index contributed by atoms with van der Waals surface area (Å²) in [6.45, 7) is 3.85. The van der Waals surface area contributed by atoms with E-state index in [1.165, 1.54) is 0 Å². The zero-order valence-corrected chi connectivity index (χ0v) is 10.6. The molecule has 4 nitrogen and oxygen atoms in total. The minimum absolute atomic E-state index is 0.349. The van der Waals surface area contributed by atoms with Crippen molar-refractivity contribution in [1.82, 2.24) is 0 Å². The third-order valence-electron chi connectivity index (χ3n) is 3.48. The second-order valence-corrected chi connectivity index (χ2v) is 4.81. The Bertz CT molecular complexity index is 447. The molecule has 0 spiro atoms. The van der Waals surface area contributed by atoms with Crippen LogP contribution in [0.5, 0.6) is 0 Å². The quantitative estimate of drug-likeness (QED) is 0.797. The van der Waals surface area contributed by atoms with Gasteiger partial charge in [-0.3, -0.25) is 0 Å². The number of anilines is 2. The number of nitrogens with two attached hydrogens (primary N) is 1. The Morgan fingerprint density at radius 2 is 2.44 bits per heavy atom. The summed E-state index contributed by atoms with van der Waals surface area (Å²) in [5, 5.41) is 12.2. The van der Waals surface area contributed by atoms with Gasteiger partial charge in [-0.1, -0.05) is 0 Å². The van der Waals surface area contributed by atoms with Crippen molar-refractivity contribution in [3.63, 3.8) is 0 Å². The number of hydrogen-bond acceptors (Lipinski definition) is 4. The molecule has 0 radical (unpaired) electrons. The van der Waals surface area contributed by atoms with Gasteiger partial charge in [-0.25, -0.2) is 0 Å². The fraction of sp³-hybridized carbons (Fsp3) is 0.500. The van der Waals surface area contributed by atoms with Crippen molar-refractivity contribution in [2.24, 2.45) is 5.92 Å². The molecule has 0 aliphatic carbocycles. The average Bonchev–Trinajstić information content (AvgIpc) is 2.87. The molecule has 4 heteroatoms. The van der Waals surface area contributed by atoms with Gasteiger partial charge >= 0.3 is 0 Å². The smallest absolute Gasteiger partial charge is 0.0670 e. The van der Waals surface area contributed by atoms with Crippen LogP contribution in [0.15, 0.2) is 18.2 Å². The van der Waals surface area contributed by atoms with Crippen LogP contribution in [0.1, 0.15) is 18.9 Å². The third kappa shape index (κ3) is 2.93. The summed E-state index contributed by atoms with van der Waals surface area (Å²) in [4.78, 5) is 0. The number of ether oxygens (including phenoxy) is 1. The van der Waals surface area contributed by atoms with Gasteiger partial charge in [-0.2, -0.15) is 5.26 Å². The van der Waals surface area contributed by atoms with Crippen LogP contribution in [0.25, 0.3) is 0 Å². The molecule has 1 heterocycles. The molecule has 1 fully saturated rings. The molecule has 2 unspecified atom stereocenters. The first-order valence-electron chi connectivity index (χ1n) is 6.30. The molecule has 18 heavy (non-hydrogen) atoms. The van der Waals surface area contributed by atoms with Crippen LogP contribution in [0, 0.1) is 17.2 Å². The maximum absolute atomic E-state index is 8.75. The van der Waals surface area contributed by atoms with Gasteiger partial charge in [0.15, 0.2) is 0 Å². The zero-order chi connectivity index (χ0) is 13.0. The summed E-state index contributed by atoms with van der Waals surface area (Å²) in [6, 6.07) is 8.28. The molecule has 2 atom stereocenters. The van der Waals surface area contributed by atoms with Crippen LogP contribution in [0.4, 0.5) is 11.4 Å². The van der Waals surface area contributed by atoms with E-state index in [0.29, 0.717) is 24.1 Å². The van der Waals surface area contributed by atoms with Gasteiger partial charge in [-0.15, -0.1) is 0 Å². The van der Waals surface area contributed by atoms with E-state index in [1.54, 1.807) is 0 Å². The number of benzene rings is 1. The van der Waals surface area contributed by atoms with Gasteiger partial charge in [0.1, 0.15) is 0 Å². The van der Waals surface area contributed by atoms with Gasteiger partial charge in [0, 0.05) is 29.9 Å². The van der Waals surface area contributed by atoms with Crippen molar-refractivity contribution in [3.05, 3.63) is 23.8 Å². The van der Waals surface area contributed by atoms with E-state index in [-0.39, 0.29) is 0 Å². The second kappa shape index (κ2) is 5.74. The summed E-state index contributed by atoms with van der Waals surface area (Å²) in [7, 11) is 0. The summed E-state index contributed by atoms with van der Waals surface area (Å²) >= 11 is 0. The number of nitrogens with zero attached hydrogens (tertiary/aromatic N) is 1. The Balaban J connectivity index is 2.04. The van der Waals surface area contributed by atoms with Crippen LogP contribution in [-0.4, -0.2) is 19.3 Å². The standard InChI is InChI=1S/C14H19N3O/c1-10(12-5-7-18-9-12)17-13-2-3-14(16)11(8-13)4-6-15/h2-3,8,10,12,17H,4-5,7,9,16H2,1H3. The zero-order valence-electron chi connectivity index (χ0n) is 10.6. The number of nitrogen functional groups attached to an aromatic ring is 1. The van der Waals surface area contributed by atoms with Crippen LogP contribution < -0.4 is 11.1 Å². The highest BCUT2D eigenvalue weighted by atomic mass is 16.5. The molecule has 2 rings (SSSR count). The average molecular weight is 245 g/mol. The molecule has 3 N–H and O–H groups in total. The SMILES string of the molecule is CC(Nc1ccc(N)c(CC#N)c1)C1CCOC1. The van der Waals surface area contributed by atoms with E-state index in [9.17, 15) is 0 Å². The highest BCUT2D eigenvalue weighted by Gasteiger charge is 2.22. The van der Waals surface area contributed by atoms with Gasteiger partial charge in [-0.05, 0) is 37.1 Å². The molecular formula is C14H19N3O. The predicted molar refractivity (Wildman–Crippen MR) is 72.2 cm³/mol. The Morgan fingerprint density at radius 1 is 1.61 bits per heavy atom. The van der Waals surface area contributed by atoms with Crippen molar-refractivity contribution < 1.29 is 4.74 Å². The minimum Gasteiger partial charge on any atom is -0.398 e. The largest absolute Gasteiger partial charge is 0.398 e. The van der Waals surface area contributed by atoms with Crippen LogP contribution in [0.3, 0.4) is 0 Å². The van der Waals surface area contributed by atoms with Crippen molar-refractivity contribution in [2.45, 2.75) is 25.8 Å². The lowest BCUT2D eigenvalue weighted by molar-refractivity contribution is 0.183. The molecule has 1 aromatic carbocycles. The first-order chi connectivity index (χ1) is 8.70. The first-order valence-corrected chi connectivity index (χ1v) is 6.30. The molecular weight excluding hydrogens is 226 g/mol. The van der Waals surface area contributed by atoms with E-state index in [4.69, 9.17) is 15.7 Å². The predicted octanol–water partition coefficient (Wildman–Crippen LogP) is 2.17. The summed E-state index contributed by atoms with van der Waals surface area (Å²) in [5.41, 5.74) is 8.42. The highest BCUT2D eigenvalue weighted by Crippen LogP contribution is 2.23. The molecule has 1 saturated heterocycles. The molecule has 96 valence electrons. The number of nitriles is 1. The maximum atomic E-state index is 8.75. The third-order valence-corrected chi connectivity index (χ3v) is 3.48. The molecule has 0 amide bonds. The Kier molecular flexibility index (Phi) is 4.06. The monoisotopic (exact) mass is 245 g/mol. The number of nitrogens with one attached hydrogen (secondary N) is 1. The van der Waals surface area contributed by atoms with E-state index >= 15 is 0 Å². The lowest BCUT2D eigenvalue weighted by Crippen LogP contribution is -2.26. The normalized spacial score (nSPS) is 20.3. The lowest BCUT2D eigenvalue weighted by Gasteiger charge is -2.21. The van der Waals surface area contributed by atoms with E-state index < -0.39 is 0 Å². The number of rotatable bonds is 4. The van der Waals surface area contributed by atoms with Crippen molar-refractivity contribution in [3.8, 4) is 6.07 Å². The van der Waals surface area contributed by atoms with Crippen LogP contribution in [0.2, 0.25) is 0 Å². The van der Waals surface area contributed by atoms with Gasteiger partial charge in [0.2, 0.25) is 0 Å². The topological polar surface area (TPSA) is 71.1 Å². The minimum atomic E-state index is 0.349. The second-order valence-electron chi connectivity index (χ2n) is 4.81. The maximum Gasteiger partial charge on any atom is 0.0670 e. The van der Waals surface area contributed by atoms with Gasteiger partial charge in [0.25, 0.3) is 0 Å². The van der Waals surface area contributed by atoms with Gasteiger partial charge < -0.3 is 15.8 Å². The number of hydrogen-bond donors (Lipinski definition) is 2. The van der Waals surface area contributed by atoms with Crippen molar-refractivity contribution in [2.75, 3.05) is 24.3 Å². The molecule has 0 saturated carbocycles. The van der Waals surface area contributed by atoms with E-state index in [2.05, 4.69) is 18.3 Å². The molecule has 1 aliphatic rings. The Hall–Kier alpha value is -1.73. The Labute approximate surface area is 108 Å². The van der Waals surface area contributed by atoms with Crippen molar-refractivity contribution in [1.29, 1.82) is 5.26 Å². The highest BCUT2D eigenvalue weighted by molar-refractivity contribution is 5.58. The fourth-order valence-corrected chi connectivity index (χ4v) is 2.26. The molecule has 1 aromatic rings. The first kappa shape index (κ1) is 12.7. The lowest BCUT2D eigenvalue weighted by atomic mass is 10.00. The van der Waals surface area contributed by atoms with Crippen LogP contribution >= 0.6 is 0 Å². The fourth-order valence-electron chi connectivity index (χ4n) is 2.26. The summed E-state index contributed by atoms with van der Waals surface area (Å²) in [5.74, 6) is 0.557. The Morgan fingerprint density at radius 3 is 3.11 bits per heavy atom. The summed E-state index contributed by atoms with van der Waals surface area (Å²) in [6.07, 6.45) is 1.45. The summed E-state index contributed by atoms with van der Waals surface area (Å²) < 4.78 is 5.39. The van der Waals surface area contributed by atoms with Gasteiger partial charge in [0.05, 0.1) is 19.1 Å². The van der Waals surface area contributed by atoms with E-state index in [0.717, 1.165) is 30.9 Å². The molecule has 0 bridgehead atoms.